The van der Waals surface area contributed by atoms with Crippen LogP contribution < -0.4 is 15.4 Å². The Balaban J connectivity index is 1.58. The summed E-state index contributed by atoms with van der Waals surface area (Å²) in [5.41, 5.74) is 1.66. The highest BCUT2D eigenvalue weighted by Gasteiger charge is 2.40. The number of hydrogen-bond acceptors (Lipinski definition) is 5. The average Bonchev–Trinajstić information content (AvgIpc) is 3.21. The molecule has 0 unspecified atom stereocenters. The minimum atomic E-state index is -3.96. The third kappa shape index (κ3) is 4.13. The summed E-state index contributed by atoms with van der Waals surface area (Å²) in [5, 5.41) is 6.02. The first-order chi connectivity index (χ1) is 14.7. The van der Waals surface area contributed by atoms with E-state index in [-0.39, 0.29) is 17.3 Å². The fourth-order valence-electron chi connectivity index (χ4n) is 3.76. The fraction of sp³-hybridized carbons (Fsp3) is 0.333. The number of anilines is 2. The number of rotatable bonds is 4. The monoisotopic (exact) mass is 463 g/mol. The lowest BCUT2D eigenvalue weighted by Crippen LogP contribution is -2.43. The van der Waals surface area contributed by atoms with Gasteiger partial charge in [-0.2, -0.15) is 4.31 Å². The molecule has 2 atom stereocenters. The number of hydrogen-bond donors (Lipinski definition) is 2. The second-order valence-corrected chi connectivity index (χ2v) is 9.96. The minimum Gasteiger partial charge on any atom is -0.479 e. The van der Waals surface area contributed by atoms with Crippen molar-refractivity contribution in [2.24, 2.45) is 0 Å². The molecule has 0 saturated carbocycles. The van der Waals surface area contributed by atoms with E-state index in [1.807, 2.05) is 6.92 Å². The number of benzene rings is 2. The summed E-state index contributed by atoms with van der Waals surface area (Å²) >= 11 is 5.96. The summed E-state index contributed by atoms with van der Waals surface area (Å²) in [6.07, 6.45) is 0.331. The highest BCUT2D eigenvalue weighted by Crippen LogP contribution is 2.34. The van der Waals surface area contributed by atoms with Crippen LogP contribution in [0.25, 0.3) is 0 Å². The normalized spacial score (nSPS) is 21.2. The van der Waals surface area contributed by atoms with Gasteiger partial charge in [0.15, 0.2) is 6.10 Å². The van der Waals surface area contributed by atoms with E-state index in [0.717, 1.165) is 5.56 Å². The average molecular weight is 464 g/mol. The number of ether oxygens (including phenoxy) is 1. The Bertz CT molecular complexity index is 1170. The molecule has 2 aromatic rings. The SMILES string of the molecule is Cc1cc(Cl)ccc1NC(=O)[C@@H]1CCCN1S(=O)(=O)c1ccc2c(c1)NC(=O)[C@H](C)O2. The molecule has 0 aliphatic carbocycles. The lowest BCUT2D eigenvalue weighted by molar-refractivity contribution is -0.122. The van der Waals surface area contributed by atoms with E-state index in [4.69, 9.17) is 16.3 Å². The molecule has 2 N–H and O–H groups in total. The topological polar surface area (TPSA) is 105 Å². The van der Waals surface area contributed by atoms with Crippen molar-refractivity contribution in [2.75, 3.05) is 17.2 Å². The standard InChI is InChI=1S/C21H22ClN3O5S/c1-12-10-14(22)5-7-16(12)23-21(27)18-4-3-9-25(18)31(28,29)15-6-8-19-17(11-15)24-20(26)13(2)30-19/h5-8,10-11,13,18H,3-4,9H2,1-2H3,(H,23,27)(H,24,26)/t13-,18-/m0/s1. The van der Waals surface area contributed by atoms with E-state index in [0.29, 0.717) is 35.0 Å². The van der Waals surface area contributed by atoms with Gasteiger partial charge in [-0.25, -0.2) is 8.42 Å². The smallest absolute Gasteiger partial charge is 0.265 e. The van der Waals surface area contributed by atoms with Gasteiger partial charge in [-0.1, -0.05) is 11.6 Å². The molecule has 0 spiro atoms. The fourth-order valence-corrected chi connectivity index (χ4v) is 5.67. The molecule has 4 rings (SSSR count). The van der Waals surface area contributed by atoms with Gasteiger partial charge in [0.25, 0.3) is 5.91 Å². The Morgan fingerprint density at radius 3 is 2.77 bits per heavy atom. The Kier molecular flexibility index (Phi) is 5.67. The van der Waals surface area contributed by atoms with Crippen molar-refractivity contribution < 1.29 is 22.7 Å². The van der Waals surface area contributed by atoms with Gasteiger partial charge in [0.2, 0.25) is 15.9 Å². The van der Waals surface area contributed by atoms with E-state index in [1.165, 1.54) is 22.5 Å². The van der Waals surface area contributed by atoms with Crippen LogP contribution in [-0.2, 0) is 19.6 Å². The molecule has 8 nitrogen and oxygen atoms in total. The van der Waals surface area contributed by atoms with Gasteiger partial charge in [0, 0.05) is 17.3 Å². The van der Waals surface area contributed by atoms with Crippen LogP contribution in [0.3, 0.4) is 0 Å². The van der Waals surface area contributed by atoms with Gasteiger partial charge in [-0.05, 0) is 68.7 Å². The van der Waals surface area contributed by atoms with Crippen molar-refractivity contribution in [3.63, 3.8) is 0 Å². The zero-order chi connectivity index (χ0) is 22.3. The third-order valence-electron chi connectivity index (χ3n) is 5.44. The molecular weight excluding hydrogens is 442 g/mol. The third-order valence-corrected chi connectivity index (χ3v) is 7.58. The summed E-state index contributed by atoms with van der Waals surface area (Å²) in [7, 11) is -3.96. The maximum atomic E-state index is 13.3. The number of fused-ring (bicyclic) bond motifs is 1. The van der Waals surface area contributed by atoms with E-state index in [1.54, 1.807) is 25.1 Å². The molecular formula is C21H22ClN3O5S. The van der Waals surface area contributed by atoms with Crippen LogP contribution >= 0.6 is 11.6 Å². The summed E-state index contributed by atoms with van der Waals surface area (Å²) in [5.74, 6) is -0.339. The maximum absolute atomic E-state index is 13.3. The van der Waals surface area contributed by atoms with Crippen LogP contribution in [0.5, 0.6) is 5.75 Å². The van der Waals surface area contributed by atoms with Gasteiger partial charge in [0.1, 0.15) is 11.8 Å². The molecule has 164 valence electrons. The maximum Gasteiger partial charge on any atom is 0.265 e. The number of nitrogens with zero attached hydrogens (tertiary/aromatic N) is 1. The highest BCUT2D eigenvalue weighted by atomic mass is 35.5. The van der Waals surface area contributed by atoms with E-state index in [9.17, 15) is 18.0 Å². The Labute approximate surface area is 185 Å². The second-order valence-electron chi connectivity index (χ2n) is 7.63. The zero-order valence-electron chi connectivity index (χ0n) is 17.0. The van der Waals surface area contributed by atoms with Crippen LogP contribution in [0.4, 0.5) is 11.4 Å². The van der Waals surface area contributed by atoms with Crippen molar-refractivity contribution in [3.8, 4) is 5.75 Å². The zero-order valence-corrected chi connectivity index (χ0v) is 18.6. The van der Waals surface area contributed by atoms with Gasteiger partial charge in [-0.15, -0.1) is 0 Å². The molecule has 31 heavy (non-hydrogen) atoms. The van der Waals surface area contributed by atoms with Crippen molar-refractivity contribution in [1.82, 2.24) is 4.31 Å². The summed E-state index contributed by atoms with van der Waals surface area (Å²) in [6.45, 7) is 3.66. The van der Waals surface area contributed by atoms with E-state index < -0.39 is 28.1 Å². The number of aryl methyl sites for hydroxylation is 1. The molecule has 0 radical (unpaired) electrons. The minimum absolute atomic E-state index is 0.00734. The summed E-state index contributed by atoms with van der Waals surface area (Å²) < 4.78 is 33.3. The van der Waals surface area contributed by atoms with Crippen LogP contribution in [0.1, 0.15) is 25.3 Å². The van der Waals surface area contributed by atoms with Crippen LogP contribution in [0, 0.1) is 6.92 Å². The van der Waals surface area contributed by atoms with Crippen LogP contribution in [0.2, 0.25) is 5.02 Å². The number of carbonyl (C=O) groups is 2. The van der Waals surface area contributed by atoms with Crippen molar-refractivity contribution in [1.29, 1.82) is 0 Å². The lowest BCUT2D eigenvalue weighted by atomic mass is 10.1. The van der Waals surface area contributed by atoms with E-state index >= 15 is 0 Å². The predicted molar refractivity (Wildman–Crippen MR) is 117 cm³/mol. The number of carbonyl (C=O) groups excluding carboxylic acids is 2. The molecule has 1 saturated heterocycles. The molecule has 0 aromatic heterocycles. The molecule has 0 bridgehead atoms. The summed E-state index contributed by atoms with van der Waals surface area (Å²) in [4.78, 5) is 24.8. The van der Waals surface area contributed by atoms with Gasteiger partial charge in [0.05, 0.1) is 10.6 Å². The number of halogens is 1. The first kappa shape index (κ1) is 21.6. The molecule has 1 fully saturated rings. The van der Waals surface area contributed by atoms with Crippen molar-refractivity contribution in [2.45, 2.75) is 43.7 Å². The molecule has 10 heteroatoms. The Hall–Kier alpha value is -2.62. The highest BCUT2D eigenvalue weighted by molar-refractivity contribution is 7.89. The molecule has 2 heterocycles. The van der Waals surface area contributed by atoms with Crippen LogP contribution in [0.15, 0.2) is 41.3 Å². The van der Waals surface area contributed by atoms with E-state index in [2.05, 4.69) is 10.6 Å². The first-order valence-electron chi connectivity index (χ1n) is 9.87. The summed E-state index contributed by atoms with van der Waals surface area (Å²) in [6, 6.07) is 8.56. The molecule has 2 amide bonds. The first-order valence-corrected chi connectivity index (χ1v) is 11.7. The van der Waals surface area contributed by atoms with Crippen LogP contribution in [-0.4, -0.2) is 43.2 Å². The number of sulfonamides is 1. The molecule has 2 aliphatic rings. The number of amides is 2. The lowest BCUT2D eigenvalue weighted by Gasteiger charge is -2.26. The Morgan fingerprint density at radius 1 is 1.26 bits per heavy atom. The molecule has 2 aromatic carbocycles. The molecule has 2 aliphatic heterocycles. The van der Waals surface area contributed by atoms with Gasteiger partial charge in [-0.3, -0.25) is 9.59 Å². The number of nitrogens with one attached hydrogen (secondary N) is 2. The predicted octanol–water partition coefficient (Wildman–Crippen LogP) is 3.16. The second kappa shape index (κ2) is 8.14. The van der Waals surface area contributed by atoms with Gasteiger partial charge >= 0.3 is 0 Å². The Morgan fingerprint density at radius 2 is 2.03 bits per heavy atom. The quantitative estimate of drug-likeness (QED) is 0.724. The van der Waals surface area contributed by atoms with Crippen molar-refractivity contribution >= 4 is 44.8 Å². The van der Waals surface area contributed by atoms with Gasteiger partial charge < -0.3 is 15.4 Å². The largest absolute Gasteiger partial charge is 0.479 e. The van der Waals surface area contributed by atoms with Crippen molar-refractivity contribution in [3.05, 3.63) is 47.0 Å².